The smallest absolute Gasteiger partial charge is 0.248 e. The Balaban J connectivity index is 1.68. The number of benzene rings is 2. The fourth-order valence-corrected chi connectivity index (χ4v) is 5.21. The molecule has 0 bridgehead atoms. The number of nitrogens with one attached hydrogen (secondary N) is 1. The van der Waals surface area contributed by atoms with Crippen molar-refractivity contribution in [3.63, 3.8) is 0 Å². The summed E-state index contributed by atoms with van der Waals surface area (Å²) in [6, 6.07) is 9.70. The second-order valence-electron chi connectivity index (χ2n) is 7.62. The summed E-state index contributed by atoms with van der Waals surface area (Å²) in [5.74, 6) is 1.08. The molecule has 1 saturated heterocycles. The molecule has 0 radical (unpaired) electrons. The van der Waals surface area contributed by atoms with E-state index in [2.05, 4.69) is 5.32 Å². The van der Waals surface area contributed by atoms with Gasteiger partial charge in [-0.05, 0) is 60.9 Å². The third-order valence-corrected chi connectivity index (χ3v) is 7.35. The Labute approximate surface area is 195 Å². The number of carbonyl (C=O) groups excluding carboxylic acids is 1. The topological polar surface area (TPSA) is 94.2 Å². The van der Waals surface area contributed by atoms with Gasteiger partial charge in [0.05, 0.1) is 26.2 Å². The van der Waals surface area contributed by atoms with E-state index in [4.69, 9.17) is 14.2 Å². The number of nitrogens with zero attached hydrogens (tertiary/aromatic N) is 1. The number of amides is 1. The van der Waals surface area contributed by atoms with Crippen molar-refractivity contribution in [2.24, 2.45) is 0 Å². The van der Waals surface area contributed by atoms with Crippen LogP contribution in [0.25, 0.3) is 6.08 Å². The molecule has 0 spiro atoms. The molecule has 1 heterocycles. The molecule has 0 aromatic heterocycles. The lowest BCUT2D eigenvalue weighted by Gasteiger charge is -2.20. The van der Waals surface area contributed by atoms with Gasteiger partial charge in [0.1, 0.15) is 0 Å². The Kier molecular flexibility index (Phi) is 8.35. The van der Waals surface area contributed by atoms with Crippen LogP contribution in [0.15, 0.2) is 47.4 Å². The Morgan fingerprint density at radius 3 is 2.00 bits per heavy atom. The molecule has 1 fully saturated rings. The Hall–Kier alpha value is -3.04. The molecule has 8 nitrogen and oxygen atoms in total. The molecule has 1 aliphatic heterocycles. The normalized spacial score (nSPS) is 15.1. The van der Waals surface area contributed by atoms with Crippen molar-refractivity contribution < 1.29 is 27.4 Å². The minimum atomic E-state index is -3.52. The van der Waals surface area contributed by atoms with Crippen LogP contribution in [-0.2, 0) is 14.8 Å². The maximum atomic E-state index is 12.9. The average molecular weight is 475 g/mol. The highest BCUT2D eigenvalue weighted by Crippen LogP contribution is 2.38. The van der Waals surface area contributed by atoms with Crippen LogP contribution in [0.1, 0.15) is 31.2 Å². The van der Waals surface area contributed by atoms with Gasteiger partial charge in [-0.25, -0.2) is 8.42 Å². The first kappa shape index (κ1) is 24.6. The lowest BCUT2D eigenvalue weighted by Crippen LogP contribution is -2.31. The molecule has 2 aromatic rings. The van der Waals surface area contributed by atoms with Crippen LogP contribution in [0.5, 0.6) is 17.2 Å². The molecule has 0 atom stereocenters. The highest BCUT2D eigenvalue weighted by molar-refractivity contribution is 7.89. The van der Waals surface area contributed by atoms with Gasteiger partial charge in [-0.15, -0.1) is 0 Å². The highest BCUT2D eigenvalue weighted by Gasteiger charge is 2.25. The van der Waals surface area contributed by atoms with Gasteiger partial charge in [0.2, 0.25) is 21.7 Å². The molecule has 33 heavy (non-hydrogen) atoms. The van der Waals surface area contributed by atoms with Crippen molar-refractivity contribution in [3.05, 3.63) is 48.0 Å². The van der Waals surface area contributed by atoms with E-state index in [0.717, 1.165) is 25.7 Å². The molecule has 9 heteroatoms. The van der Waals surface area contributed by atoms with E-state index >= 15 is 0 Å². The van der Waals surface area contributed by atoms with E-state index in [1.165, 1.54) is 39.5 Å². The average Bonchev–Trinajstić information content (AvgIpc) is 3.12. The number of methoxy groups -OCH3 is 3. The van der Waals surface area contributed by atoms with E-state index < -0.39 is 10.0 Å². The lowest BCUT2D eigenvalue weighted by atomic mass is 10.1. The van der Waals surface area contributed by atoms with Gasteiger partial charge in [0.15, 0.2) is 11.5 Å². The molecule has 1 amide bonds. The van der Waals surface area contributed by atoms with Crippen LogP contribution in [-0.4, -0.2) is 53.0 Å². The van der Waals surface area contributed by atoms with Gasteiger partial charge in [-0.2, -0.15) is 4.31 Å². The van der Waals surface area contributed by atoms with Crippen LogP contribution in [0.2, 0.25) is 0 Å². The zero-order chi connectivity index (χ0) is 23.8. The second-order valence-corrected chi connectivity index (χ2v) is 9.56. The zero-order valence-electron chi connectivity index (χ0n) is 19.2. The van der Waals surface area contributed by atoms with E-state index in [0.29, 0.717) is 41.6 Å². The third-order valence-electron chi connectivity index (χ3n) is 5.44. The van der Waals surface area contributed by atoms with E-state index in [9.17, 15) is 13.2 Å². The number of rotatable bonds is 8. The maximum absolute atomic E-state index is 12.9. The van der Waals surface area contributed by atoms with Gasteiger partial charge in [-0.1, -0.05) is 12.8 Å². The van der Waals surface area contributed by atoms with Crippen molar-refractivity contribution in [2.75, 3.05) is 39.7 Å². The summed E-state index contributed by atoms with van der Waals surface area (Å²) in [5.41, 5.74) is 1.20. The van der Waals surface area contributed by atoms with Gasteiger partial charge in [-0.3, -0.25) is 4.79 Å². The molecule has 0 unspecified atom stereocenters. The number of carbonyl (C=O) groups is 1. The fraction of sp³-hybridized carbons (Fsp3) is 0.375. The molecular formula is C24H30N2O6S. The van der Waals surface area contributed by atoms with Crippen molar-refractivity contribution in [2.45, 2.75) is 30.6 Å². The standard InChI is InChI=1S/C24H30N2O6S/c1-30-21-16-18(17-22(31-2)24(21)32-3)8-13-23(27)25-19-9-11-20(12-10-19)33(28,29)26-14-6-4-5-7-15-26/h8-13,16-17H,4-7,14-15H2,1-3H3,(H,25,27)/b13-8+. The monoisotopic (exact) mass is 474 g/mol. The maximum Gasteiger partial charge on any atom is 0.248 e. The summed E-state index contributed by atoms with van der Waals surface area (Å²) < 4.78 is 43.2. The SMILES string of the molecule is COc1cc(/C=C/C(=O)Nc2ccc(S(=O)(=O)N3CCCCCC3)cc2)cc(OC)c1OC. The first-order valence-corrected chi connectivity index (χ1v) is 12.2. The number of hydrogen-bond donors (Lipinski definition) is 1. The highest BCUT2D eigenvalue weighted by atomic mass is 32.2. The predicted octanol–water partition coefficient (Wildman–Crippen LogP) is 3.93. The summed E-state index contributed by atoms with van der Waals surface area (Å²) >= 11 is 0. The van der Waals surface area contributed by atoms with E-state index in [1.54, 1.807) is 34.6 Å². The van der Waals surface area contributed by atoms with Crippen molar-refractivity contribution >= 4 is 27.7 Å². The Morgan fingerprint density at radius 1 is 0.909 bits per heavy atom. The number of hydrogen-bond acceptors (Lipinski definition) is 6. The van der Waals surface area contributed by atoms with Gasteiger partial charge in [0, 0.05) is 24.9 Å². The quantitative estimate of drug-likeness (QED) is 0.583. The number of sulfonamides is 1. The van der Waals surface area contributed by atoms with Crippen LogP contribution in [0, 0.1) is 0 Å². The van der Waals surface area contributed by atoms with Crippen LogP contribution < -0.4 is 19.5 Å². The summed E-state index contributed by atoms with van der Waals surface area (Å²) in [6.07, 6.45) is 6.87. The van der Waals surface area contributed by atoms with E-state index in [-0.39, 0.29) is 10.8 Å². The van der Waals surface area contributed by atoms with Gasteiger partial charge < -0.3 is 19.5 Å². The minimum Gasteiger partial charge on any atom is -0.493 e. The second kappa shape index (κ2) is 11.2. The van der Waals surface area contributed by atoms with E-state index in [1.807, 2.05) is 0 Å². The largest absolute Gasteiger partial charge is 0.493 e. The molecule has 2 aromatic carbocycles. The minimum absolute atomic E-state index is 0.232. The molecule has 1 aliphatic rings. The molecule has 1 N–H and O–H groups in total. The Bertz CT molecular complexity index is 1060. The van der Waals surface area contributed by atoms with Crippen molar-refractivity contribution in [1.29, 1.82) is 0 Å². The van der Waals surface area contributed by atoms with Crippen LogP contribution in [0.4, 0.5) is 5.69 Å². The Morgan fingerprint density at radius 2 is 1.48 bits per heavy atom. The predicted molar refractivity (Wildman–Crippen MR) is 127 cm³/mol. The number of anilines is 1. The zero-order valence-corrected chi connectivity index (χ0v) is 20.0. The molecule has 0 saturated carbocycles. The summed E-state index contributed by atoms with van der Waals surface area (Å²) in [5, 5.41) is 2.74. The van der Waals surface area contributed by atoms with Gasteiger partial charge in [0.25, 0.3) is 0 Å². The fourth-order valence-electron chi connectivity index (χ4n) is 3.69. The van der Waals surface area contributed by atoms with Crippen molar-refractivity contribution in [1.82, 2.24) is 4.31 Å². The molecule has 178 valence electrons. The first-order chi connectivity index (χ1) is 15.9. The van der Waals surface area contributed by atoms with Gasteiger partial charge >= 0.3 is 0 Å². The molecule has 0 aliphatic carbocycles. The van der Waals surface area contributed by atoms with Crippen molar-refractivity contribution in [3.8, 4) is 17.2 Å². The summed E-state index contributed by atoms with van der Waals surface area (Å²) in [7, 11) is 1.04. The summed E-state index contributed by atoms with van der Waals surface area (Å²) in [6.45, 7) is 1.10. The van der Waals surface area contributed by atoms with Crippen LogP contribution in [0.3, 0.4) is 0 Å². The van der Waals surface area contributed by atoms with Crippen LogP contribution >= 0.6 is 0 Å². The number of ether oxygens (including phenoxy) is 3. The summed E-state index contributed by atoms with van der Waals surface area (Å²) in [4.78, 5) is 12.6. The third kappa shape index (κ3) is 6.06. The molecule has 3 rings (SSSR count). The first-order valence-electron chi connectivity index (χ1n) is 10.8. The lowest BCUT2D eigenvalue weighted by molar-refractivity contribution is -0.111. The molecular weight excluding hydrogens is 444 g/mol.